The normalized spacial score (nSPS) is 24.7. The molecule has 0 amide bonds. The summed E-state index contributed by atoms with van der Waals surface area (Å²) < 4.78 is 34.1. The summed E-state index contributed by atoms with van der Waals surface area (Å²) in [5, 5.41) is 0. The van der Waals surface area contributed by atoms with Crippen LogP contribution in [0.3, 0.4) is 0 Å². The molecule has 0 aromatic heterocycles. The molecule has 1 heterocycles. The van der Waals surface area contributed by atoms with Crippen LogP contribution in [0.4, 0.5) is 5.69 Å². The van der Waals surface area contributed by atoms with Crippen LogP contribution < -0.4 is 10.5 Å². The molecule has 0 radical (unpaired) electrons. The average Bonchev–Trinajstić information content (AvgIpc) is 2.35. The summed E-state index contributed by atoms with van der Waals surface area (Å²) in [6, 6.07) is 7.16. The van der Waals surface area contributed by atoms with E-state index in [1.165, 1.54) is 4.31 Å². The summed E-state index contributed by atoms with van der Waals surface area (Å²) in [6.45, 7) is 4.72. The van der Waals surface area contributed by atoms with Gasteiger partial charge in [0.05, 0.1) is 12.2 Å². The molecule has 2 atom stereocenters. The largest absolute Gasteiger partial charge is 0.399 e. The summed E-state index contributed by atoms with van der Waals surface area (Å²) in [5.41, 5.74) is 7.13. The fourth-order valence-corrected chi connectivity index (χ4v) is 3.64. The van der Waals surface area contributed by atoms with Crippen LogP contribution in [0, 0.1) is 0 Å². The minimum absolute atomic E-state index is 0.0947. The van der Waals surface area contributed by atoms with Gasteiger partial charge in [0.2, 0.25) is 0 Å². The molecule has 0 saturated carbocycles. The van der Waals surface area contributed by atoms with Crippen LogP contribution in [0.15, 0.2) is 24.3 Å². The zero-order chi connectivity index (χ0) is 14.8. The molecule has 7 heteroatoms. The number of rotatable bonds is 4. The number of anilines is 1. The second-order valence-corrected chi connectivity index (χ2v) is 6.90. The van der Waals surface area contributed by atoms with Crippen LogP contribution in [-0.2, 0) is 21.5 Å². The number of nitrogens with zero attached hydrogens (tertiary/aromatic N) is 1. The van der Waals surface area contributed by atoms with E-state index in [0.717, 1.165) is 5.56 Å². The third kappa shape index (κ3) is 3.92. The van der Waals surface area contributed by atoms with E-state index in [2.05, 4.69) is 4.72 Å². The molecule has 112 valence electrons. The van der Waals surface area contributed by atoms with E-state index in [1.54, 1.807) is 18.2 Å². The van der Waals surface area contributed by atoms with Crippen LogP contribution in [0.1, 0.15) is 19.4 Å². The molecule has 6 nitrogen and oxygen atoms in total. The maximum Gasteiger partial charge on any atom is 0.279 e. The van der Waals surface area contributed by atoms with Crippen LogP contribution in [0.2, 0.25) is 0 Å². The van der Waals surface area contributed by atoms with E-state index < -0.39 is 10.2 Å². The molecule has 20 heavy (non-hydrogen) atoms. The van der Waals surface area contributed by atoms with Gasteiger partial charge in [0.15, 0.2) is 0 Å². The Bertz CT molecular complexity index is 552. The lowest BCUT2D eigenvalue weighted by Crippen LogP contribution is -2.51. The number of nitrogen functional groups attached to an aromatic ring is 1. The average molecular weight is 299 g/mol. The van der Waals surface area contributed by atoms with Crippen LogP contribution in [-0.4, -0.2) is 38.0 Å². The standard InChI is InChI=1S/C13H21N3O3S/c1-10-8-16(9-11(2)19-10)20(17,18)15-7-12-4-3-5-13(14)6-12/h3-6,10-11,15H,7-9,14H2,1-2H3. The molecule has 3 N–H and O–H groups in total. The minimum Gasteiger partial charge on any atom is -0.399 e. The van der Waals surface area contributed by atoms with Gasteiger partial charge >= 0.3 is 0 Å². The molecule has 2 unspecified atom stereocenters. The molecule has 1 aromatic carbocycles. The molecule has 1 fully saturated rings. The Morgan fingerprint density at radius 1 is 1.35 bits per heavy atom. The second-order valence-electron chi connectivity index (χ2n) is 5.15. The maximum absolute atomic E-state index is 12.3. The Hall–Kier alpha value is -1.15. The first-order valence-corrected chi connectivity index (χ1v) is 8.05. The van der Waals surface area contributed by atoms with Crippen molar-refractivity contribution in [2.75, 3.05) is 18.8 Å². The van der Waals surface area contributed by atoms with E-state index in [9.17, 15) is 8.42 Å². The zero-order valence-corrected chi connectivity index (χ0v) is 12.6. The predicted octanol–water partition coefficient (Wildman–Crippen LogP) is 0.712. The number of nitrogens with one attached hydrogen (secondary N) is 1. The fraction of sp³-hybridized carbons (Fsp3) is 0.538. The van der Waals surface area contributed by atoms with Crippen LogP contribution in [0.5, 0.6) is 0 Å². The lowest BCUT2D eigenvalue weighted by molar-refractivity contribution is -0.0444. The molecule has 1 aromatic rings. The van der Waals surface area contributed by atoms with Crippen LogP contribution >= 0.6 is 0 Å². The second kappa shape index (κ2) is 6.09. The zero-order valence-electron chi connectivity index (χ0n) is 11.7. The van der Waals surface area contributed by atoms with Gasteiger partial charge in [-0.15, -0.1) is 0 Å². The highest BCUT2D eigenvalue weighted by molar-refractivity contribution is 7.87. The van der Waals surface area contributed by atoms with Crippen molar-refractivity contribution in [3.05, 3.63) is 29.8 Å². The highest BCUT2D eigenvalue weighted by atomic mass is 32.2. The Labute approximate surface area is 120 Å². The first-order chi connectivity index (χ1) is 9.37. The SMILES string of the molecule is CC1CN(S(=O)(=O)NCc2cccc(N)c2)CC(C)O1. The van der Waals surface area contributed by atoms with Crippen molar-refractivity contribution in [3.8, 4) is 0 Å². The number of hydrogen-bond acceptors (Lipinski definition) is 4. The van der Waals surface area contributed by atoms with E-state index in [-0.39, 0.29) is 18.8 Å². The molecule has 1 saturated heterocycles. The Morgan fingerprint density at radius 3 is 2.60 bits per heavy atom. The van der Waals surface area contributed by atoms with Gasteiger partial charge in [0.25, 0.3) is 10.2 Å². The summed E-state index contributed by atoms with van der Waals surface area (Å²) in [4.78, 5) is 0. The van der Waals surface area contributed by atoms with Crippen molar-refractivity contribution in [1.29, 1.82) is 0 Å². The fourth-order valence-electron chi connectivity index (χ4n) is 2.30. The molecule has 1 aliphatic rings. The molecule has 1 aliphatic heterocycles. The van der Waals surface area contributed by atoms with Gasteiger partial charge in [-0.05, 0) is 31.5 Å². The molecule has 0 spiro atoms. The van der Waals surface area contributed by atoms with E-state index in [1.807, 2.05) is 19.9 Å². The highest BCUT2D eigenvalue weighted by Crippen LogP contribution is 2.14. The molecular weight excluding hydrogens is 278 g/mol. The topological polar surface area (TPSA) is 84.7 Å². The smallest absolute Gasteiger partial charge is 0.279 e. The minimum atomic E-state index is -3.50. The van der Waals surface area contributed by atoms with E-state index in [0.29, 0.717) is 18.8 Å². The lowest BCUT2D eigenvalue weighted by Gasteiger charge is -2.34. The lowest BCUT2D eigenvalue weighted by atomic mass is 10.2. The number of benzene rings is 1. The Morgan fingerprint density at radius 2 is 2.00 bits per heavy atom. The molecule has 0 bridgehead atoms. The molecule has 2 rings (SSSR count). The first-order valence-electron chi connectivity index (χ1n) is 6.61. The summed E-state index contributed by atoms with van der Waals surface area (Å²) in [6.07, 6.45) is -0.189. The van der Waals surface area contributed by atoms with Crippen molar-refractivity contribution < 1.29 is 13.2 Å². The molecule has 0 aliphatic carbocycles. The van der Waals surface area contributed by atoms with Crippen LogP contribution in [0.25, 0.3) is 0 Å². The van der Waals surface area contributed by atoms with Gasteiger partial charge in [-0.3, -0.25) is 0 Å². The van der Waals surface area contributed by atoms with Gasteiger partial charge in [0, 0.05) is 25.3 Å². The monoisotopic (exact) mass is 299 g/mol. The quantitative estimate of drug-likeness (QED) is 0.802. The number of nitrogens with two attached hydrogens (primary N) is 1. The summed E-state index contributed by atoms with van der Waals surface area (Å²) in [5.74, 6) is 0. The van der Waals surface area contributed by atoms with Gasteiger partial charge in [-0.2, -0.15) is 17.4 Å². The van der Waals surface area contributed by atoms with E-state index >= 15 is 0 Å². The van der Waals surface area contributed by atoms with Crippen molar-refractivity contribution in [2.45, 2.75) is 32.6 Å². The Kier molecular flexibility index (Phi) is 4.64. The third-order valence-electron chi connectivity index (χ3n) is 3.14. The van der Waals surface area contributed by atoms with Crippen molar-refractivity contribution in [2.24, 2.45) is 0 Å². The first kappa shape index (κ1) is 15.2. The van der Waals surface area contributed by atoms with Gasteiger partial charge < -0.3 is 10.5 Å². The Balaban J connectivity index is 2.00. The predicted molar refractivity (Wildman–Crippen MR) is 78.2 cm³/mol. The van der Waals surface area contributed by atoms with Crippen molar-refractivity contribution in [1.82, 2.24) is 9.03 Å². The van der Waals surface area contributed by atoms with Gasteiger partial charge in [-0.25, -0.2) is 0 Å². The van der Waals surface area contributed by atoms with Gasteiger partial charge in [0.1, 0.15) is 0 Å². The van der Waals surface area contributed by atoms with Crippen molar-refractivity contribution >= 4 is 15.9 Å². The van der Waals surface area contributed by atoms with Crippen molar-refractivity contribution in [3.63, 3.8) is 0 Å². The van der Waals surface area contributed by atoms with E-state index in [4.69, 9.17) is 10.5 Å². The third-order valence-corrected chi connectivity index (χ3v) is 4.62. The summed E-state index contributed by atoms with van der Waals surface area (Å²) >= 11 is 0. The number of morpholine rings is 1. The maximum atomic E-state index is 12.3. The molecular formula is C13H21N3O3S. The van der Waals surface area contributed by atoms with Gasteiger partial charge in [-0.1, -0.05) is 12.1 Å². The number of hydrogen-bond donors (Lipinski definition) is 2. The summed E-state index contributed by atoms with van der Waals surface area (Å²) in [7, 11) is -3.50. The highest BCUT2D eigenvalue weighted by Gasteiger charge is 2.30. The number of ether oxygens (including phenoxy) is 1.